The van der Waals surface area contributed by atoms with Crippen molar-refractivity contribution in [2.24, 2.45) is 0 Å². The van der Waals surface area contributed by atoms with Crippen LogP contribution in [0.15, 0.2) is 0 Å². The van der Waals surface area contributed by atoms with Gasteiger partial charge < -0.3 is 10.0 Å². The fourth-order valence-corrected chi connectivity index (χ4v) is 0.826. The Morgan fingerprint density at radius 3 is 2.12 bits per heavy atom. The minimum Gasteiger partial charge on any atom is -0.395 e. The molecule has 0 aliphatic heterocycles. The number of hydrogen-bond donors (Lipinski definition) is 2. The molecule has 0 fully saturated rings. The number of aliphatic hydroxyl groups is 1. The number of hydrogen-bond acceptors (Lipinski definition) is 3. The van der Waals surface area contributed by atoms with E-state index >= 15 is 0 Å². The SMILES string of the molecule is CN(C)[C@H](CO)CS. The van der Waals surface area contributed by atoms with E-state index in [0.29, 0.717) is 5.75 Å². The van der Waals surface area contributed by atoms with Gasteiger partial charge in [-0.2, -0.15) is 12.6 Å². The van der Waals surface area contributed by atoms with Gasteiger partial charge in [0.25, 0.3) is 0 Å². The summed E-state index contributed by atoms with van der Waals surface area (Å²) in [5, 5.41) is 8.61. The molecule has 0 aromatic carbocycles. The minimum absolute atomic E-state index is 0.191. The van der Waals surface area contributed by atoms with Crippen LogP contribution in [-0.4, -0.2) is 42.5 Å². The van der Waals surface area contributed by atoms with Crippen LogP contribution in [0, 0.1) is 0 Å². The zero-order valence-electron chi connectivity index (χ0n) is 5.33. The second-order valence-corrected chi connectivity index (χ2v) is 2.35. The summed E-state index contributed by atoms with van der Waals surface area (Å²) in [7, 11) is 3.86. The predicted octanol–water partition coefficient (Wildman–Crippen LogP) is -0.161. The van der Waals surface area contributed by atoms with Crippen LogP contribution in [0.4, 0.5) is 0 Å². The quantitative estimate of drug-likeness (QED) is 0.525. The molecule has 0 saturated carbocycles. The van der Waals surface area contributed by atoms with Crippen molar-refractivity contribution in [1.82, 2.24) is 4.90 Å². The summed E-state index contributed by atoms with van der Waals surface area (Å²) < 4.78 is 0. The molecule has 0 aromatic rings. The molecular formula is C5H13NOS. The van der Waals surface area contributed by atoms with Crippen LogP contribution in [0.1, 0.15) is 0 Å². The monoisotopic (exact) mass is 135 g/mol. The molecule has 8 heavy (non-hydrogen) atoms. The number of likely N-dealkylation sites (N-methyl/N-ethyl adjacent to an activating group) is 1. The molecule has 50 valence electrons. The van der Waals surface area contributed by atoms with E-state index in [1.807, 2.05) is 19.0 Å². The zero-order chi connectivity index (χ0) is 6.57. The van der Waals surface area contributed by atoms with Crippen molar-refractivity contribution < 1.29 is 5.11 Å². The third kappa shape index (κ3) is 2.55. The lowest BCUT2D eigenvalue weighted by Crippen LogP contribution is -2.32. The van der Waals surface area contributed by atoms with Gasteiger partial charge in [-0.1, -0.05) is 0 Å². The van der Waals surface area contributed by atoms with Gasteiger partial charge in [0.05, 0.1) is 6.61 Å². The average Bonchev–Trinajstić information content (AvgIpc) is 1.69. The van der Waals surface area contributed by atoms with E-state index in [1.54, 1.807) is 0 Å². The zero-order valence-corrected chi connectivity index (χ0v) is 6.23. The molecular weight excluding hydrogens is 122 g/mol. The largest absolute Gasteiger partial charge is 0.395 e. The maximum Gasteiger partial charge on any atom is 0.0594 e. The normalized spacial score (nSPS) is 14.6. The van der Waals surface area contributed by atoms with Crippen LogP contribution in [0.5, 0.6) is 0 Å². The molecule has 0 bridgehead atoms. The van der Waals surface area contributed by atoms with E-state index in [0.717, 1.165) is 0 Å². The van der Waals surface area contributed by atoms with E-state index in [9.17, 15) is 0 Å². The van der Waals surface area contributed by atoms with E-state index < -0.39 is 0 Å². The van der Waals surface area contributed by atoms with Crippen LogP contribution < -0.4 is 0 Å². The Balaban J connectivity index is 3.35. The van der Waals surface area contributed by atoms with E-state index in [-0.39, 0.29) is 12.6 Å². The van der Waals surface area contributed by atoms with Crippen molar-refractivity contribution >= 4 is 12.6 Å². The molecule has 1 atom stereocenters. The molecule has 0 aromatic heterocycles. The van der Waals surface area contributed by atoms with E-state index in [4.69, 9.17) is 5.11 Å². The average molecular weight is 135 g/mol. The first-order valence-electron chi connectivity index (χ1n) is 2.60. The highest BCUT2D eigenvalue weighted by atomic mass is 32.1. The summed E-state index contributed by atoms with van der Waals surface area (Å²) in [6.07, 6.45) is 0. The maximum atomic E-state index is 8.61. The smallest absolute Gasteiger partial charge is 0.0594 e. The second kappa shape index (κ2) is 4.18. The highest BCUT2D eigenvalue weighted by Crippen LogP contribution is 1.92. The molecule has 0 radical (unpaired) electrons. The summed E-state index contributed by atoms with van der Waals surface area (Å²) >= 11 is 4.03. The lowest BCUT2D eigenvalue weighted by atomic mass is 10.3. The second-order valence-electron chi connectivity index (χ2n) is 1.98. The first-order chi connectivity index (χ1) is 3.72. The predicted molar refractivity (Wildman–Crippen MR) is 38.4 cm³/mol. The van der Waals surface area contributed by atoms with Gasteiger partial charge >= 0.3 is 0 Å². The van der Waals surface area contributed by atoms with Crippen molar-refractivity contribution in [3.05, 3.63) is 0 Å². The fourth-order valence-electron chi connectivity index (χ4n) is 0.384. The summed E-state index contributed by atoms with van der Waals surface area (Å²) in [5.41, 5.74) is 0. The highest BCUT2D eigenvalue weighted by Gasteiger charge is 2.04. The van der Waals surface area contributed by atoms with Crippen molar-refractivity contribution in [2.75, 3.05) is 26.5 Å². The van der Waals surface area contributed by atoms with Crippen molar-refractivity contribution in [2.45, 2.75) is 6.04 Å². The minimum atomic E-state index is 0.191. The maximum absolute atomic E-state index is 8.61. The lowest BCUT2D eigenvalue weighted by molar-refractivity contribution is 0.185. The molecule has 0 saturated heterocycles. The molecule has 0 amide bonds. The summed E-state index contributed by atoms with van der Waals surface area (Å²) in [6, 6.07) is 0.207. The molecule has 0 aliphatic rings. The van der Waals surface area contributed by atoms with Gasteiger partial charge in [-0.05, 0) is 14.1 Å². The standard InChI is InChI=1S/C5H13NOS/c1-6(2)5(3-7)4-8/h5,7-8H,3-4H2,1-2H3/t5-/m1/s1. The van der Waals surface area contributed by atoms with Crippen LogP contribution >= 0.6 is 12.6 Å². The topological polar surface area (TPSA) is 23.5 Å². The third-order valence-electron chi connectivity index (χ3n) is 1.15. The lowest BCUT2D eigenvalue weighted by Gasteiger charge is -2.18. The summed E-state index contributed by atoms with van der Waals surface area (Å²) in [6.45, 7) is 0.191. The molecule has 0 heterocycles. The molecule has 2 nitrogen and oxygen atoms in total. The molecule has 0 rings (SSSR count). The van der Waals surface area contributed by atoms with Crippen LogP contribution in [0.25, 0.3) is 0 Å². The van der Waals surface area contributed by atoms with Crippen molar-refractivity contribution in [3.8, 4) is 0 Å². The summed E-state index contributed by atoms with van der Waals surface area (Å²) in [5.74, 6) is 0.712. The first-order valence-corrected chi connectivity index (χ1v) is 3.23. The fraction of sp³-hybridized carbons (Fsp3) is 1.00. The molecule has 1 N–H and O–H groups in total. The van der Waals surface area contributed by atoms with Gasteiger partial charge in [0, 0.05) is 11.8 Å². The highest BCUT2D eigenvalue weighted by molar-refractivity contribution is 7.80. The Labute approximate surface area is 55.9 Å². The molecule has 0 unspecified atom stereocenters. The molecule has 0 spiro atoms. The first kappa shape index (κ1) is 8.27. The Kier molecular flexibility index (Phi) is 4.32. The summed E-state index contributed by atoms with van der Waals surface area (Å²) in [4.78, 5) is 1.95. The number of thiol groups is 1. The Morgan fingerprint density at radius 2 is 2.12 bits per heavy atom. The van der Waals surface area contributed by atoms with Gasteiger partial charge in [0.15, 0.2) is 0 Å². The van der Waals surface area contributed by atoms with Crippen LogP contribution in [0.2, 0.25) is 0 Å². The number of aliphatic hydroxyl groups excluding tert-OH is 1. The van der Waals surface area contributed by atoms with E-state index in [1.165, 1.54) is 0 Å². The van der Waals surface area contributed by atoms with Gasteiger partial charge in [-0.25, -0.2) is 0 Å². The van der Waals surface area contributed by atoms with Gasteiger partial charge in [0.1, 0.15) is 0 Å². The van der Waals surface area contributed by atoms with Crippen molar-refractivity contribution in [1.29, 1.82) is 0 Å². The number of nitrogens with zero attached hydrogens (tertiary/aromatic N) is 1. The molecule has 3 heteroatoms. The van der Waals surface area contributed by atoms with Crippen molar-refractivity contribution in [3.63, 3.8) is 0 Å². The third-order valence-corrected chi connectivity index (χ3v) is 1.57. The molecule has 0 aliphatic carbocycles. The van der Waals surface area contributed by atoms with Gasteiger partial charge in [-0.15, -0.1) is 0 Å². The van der Waals surface area contributed by atoms with Gasteiger partial charge in [-0.3, -0.25) is 0 Å². The van der Waals surface area contributed by atoms with Crippen LogP contribution in [-0.2, 0) is 0 Å². The Hall–Kier alpha value is 0.270. The van der Waals surface area contributed by atoms with Crippen LogP contribution in [0.3, 0.4) is 0 Å². The van der Waals surface area contributed by atoms with Gasteiger partial charge in [0.2, 0.25) is 0 Å². The van der Waals surface area contributed by atoms with E-state index in [2.05, 4.69) is 12.6 Å². The Bertz CT molecular complexity index is 54.4. The number of rotatable bonds is 3. The Morgan fingerprint density at radius 1 is 1.62 bits per heavy atom.